The van der Waals surface area contributed by atoms with E-state index in [-0.39, 0.29) is 17.4 Å². The highest BCUT2D eigenvalue weighted by molar-refractivity contribution is 5.93. The number of piperidine rings is 1. The van der Waals surface area contributed by atoms with Gasteiger partial charge in [-0.2, -0.15) is 0 Å². The van der Waals surface area contributed by atoms with Crippen molar-refractivity contribution in [2.24, 2.45) is 5.41 Å². The Morgan fingerprint density at radius 2 is 2.35 bits per heavy atom. The zero-order chi connectivity index (χ0) is 12.5. The molecule has 1 fully saturated rings. The third-order valence-corrected chi connectivity index (χ3v) is 3.51. The second-order valence-corrected chi connectivity index (χ2v) is 5.41. The molecule has 1 aromatic heterocycles. The van der Waals surface area contributed by atoms with Crippen molar-refractivity contribution < 1.29 is 9.21 Å². The molecule has 0 spiro atoms. The van der Waals surface area contributed by atoms with Gasteiger partial charge in [-0.15, -0.1) is 0 Å². The monoisotopic (exact) mass is 236 g/mol. The van der Waals surface area contributed by atoms with E-state index >= 15 is 0 Å². The molecule has 1 aliphatic heterocycles. The maximum atomic E-state index is 12.1. The molecule has 2 rings (SSSR count). The van der Waals surface area contributed by atoms with Crippen LogP contribution in [0.25, 0.3) is 0 Å². The molecule has 94 valence electrons. The first-order valence-electron chi connectivity index (χ1n) is 6.06. The summed E-state index contributed by atoms with van der Waals surface area (Å²) in [5, 5.41) is 6.43. The van der Waals surface area contributed by atoms with Crippen molar-refractivity contribution in [3.8, 4) is 0 Å². The van der Waals surface area contributed by atoms with E-state index in [9.17, 15) is 4.79 Å². The fourth-order valence-corrected chi connectivity index (χ4v) is 2.27. The van der Waals surface area contributed by atoms with E-state index in [1.165, 1.54) is 0 Å². The van der Waals surface area contributed by atoms with Crippen LogP contribution in [0.2, 0.25) is 0 Å². The van der Waals surface area contributed by atoms with Crippen molar-refractivity contribution in [3.05, 3.63) is 23.7 Å². The Bertz CT molecular complexity index is 409. The van der Waals surface area contributed by atoms with Crippen molar-refractivity contribution in [1.29, 1.82) is 0 Å². The number of rotatable bonds is 2. The van der Waals surface area contributed by atoms with Gasteiger partial charge in [0.2, 0.25) is 0 Å². The predicted molar refractivity (Wildman–Crippen MR) is 66.0 cm³/mol. The average Bonchev–Trinajstić information content (AvgIpc) is 2.67. The topological polar surface area (TPSA) is 54.3 Å². The van der Waals surface area contributed by atoms with E-state index in [1.54, 1.807) is 6.26 Å². The molecular formula is C13H20N2O2. The maximum Gasteiger partial charge on any atom is 0.287 e. The van der Waals surface area contributed by atoms with Gasteiger partial charge in [-0.25, -0.2) is 0 Å². The summed E-state index contributed by atoms with van der Waals surface area (Å²) in [6.07, 6.45) is 2.51. The molecule has 0 aliphatic carbocycles. The molecule has 1 aromatic rings. The second kappa shape index (κ2) is 4.53. The van der Waals surface area contributed by atoms with Gasteiger partial charge < -0.3 is 15.1 Å². The summed E-state index contributed by atoms with van der Waals surface area (Å²) < 4.78 is 5.21. The molecule has 0 saturated carbocycles. The molecule has 0 radical (unpaired) electrons. The van der Waals surface area contributed by atoms with Crippen molar-refractivity contribution in [3.63, 3.8) is 0 Å². The molecule has 1 unspecified atom stereocenters. The number of nitrogens with one attached hydrogen (secondary N) is 2. The lowest BCUT2D eigenvalue weighted by atomic mass is 9.80. The molecule has 1 aliphatic rings. The number of furan rings is 1. The van der Waals surface area contributed by atoms with Crippen LogP contribution in [0.1, 0.15) is 36.4 Å². The summed E-state index contributed by atoms with van der Waals surface area (Å²) in [4.78, 5) is 12.1. The summed E-state index contributed by atoms with van der Waals surface area (Å²) >= 11 is 0. The Kier molecular flexibility index (Phi) is 3.24. The van der Waals surface area contributed by atoms with Gasteiger partial charge in [-0.1, -0.05) is 13.8 Å². The van der Waals surface area contributed by atoms with Gasteiger partial charge in [0.15, 0.2) is 5.76 Å². The fourth-order valence-electron chi connectivity index (χ4n) is 2.27. The van der Waals surface area contributed by atoms with Crippen LogP contribution in [-0.2, 0) is 0 Å². The van der Waals surface area contributed by atoms with Gasteiger partial charge in [-0.05, 0) is 31.4 Å². The number of hydrogen-bond acceptors (Lipinski definition) is 3. The standard InChI is InChI=1S/C13H20N2O2/c1-9-5-7-17-11(9)12(16)15-10-4-6-14-8-13(10,2)3/h5,7,10,14H,4,6,8H2,1-3H3,(H,15,16). The third kappa shape index (κ3) is 2.52. The van der Waals surface area contributed by atoms with Gasteiger partial charge in [-0.3, -0.25) is 4.79 Å². The van der Waals surface area contributed by atoms with Crippen LogP contribution >= 0.6 is 0 Å². The molecule has 4 heteroatoms. The van der Waals surface area contributed by atoms with E-state index in [0.29, 0.717) is 5.76 Å². The molecule has 2 N–H and O–H groups in total. The molecule has 1 amide bonds. The Hall–Kier alpha value is -1.29. The first kappa shape index (κ1) is 12.2. The number of amides is 1. The Morgan fingerprint density at radius 1 is 1.59 bits per heavy atom. The van der Waals surface area contributed by atoms with Crippen molar-refractivity contribution in [2.75, 3.05) is 13.1 Å². The van der Waals surface area contributed by atoms with Crippen molar-refractivity contribution >= 4 is 5.91 Å². The summed E-state index contributed by atoms with van der Waals surface area (Å²) in [6.45, 7) is 8.09. The average molecular weight is 236 g/mol. The predicted octanol–water partition coefficient (Wildman–Crippen LogP) is 1.71. The van der Waals surface area contributed by atoms with Crippen LogP contribution in [0.3, 0.4) is 0 Å². The molecule has 2 heterocycles. The smallest absolute Gasteiger partial charge is 0.287 e. The third-order valence-electron chi connectivity index (χ3n) is 3.51. The largest absolute Gasteiger partial charge is 0.459 e. The van der Waals surface area contributed by atoms with Gasteiger partial charge in [0.05, 0.1) is 6.26 Å². The van der Waals surface area contributed by atoms with E-state index < -0.39 is 0 Å². The number of hydrogen-bond donors (Lipinski definition) is 2. The van der Waals surface area contributed by atoms with Crippen LogP contribution in [0.15, 0.2) is 16.7 Å². The lowest BCUT2D eigenvalue weighted by molar-refractivity contribution is 0.0840. The molecule has 1 saturated heterocycles. The Balaban J connectivity index is 2.06. The lowest BCUT2D eigenvalue weighted by Gasteiger charge is -2.39. The normalized spacial score (nSPS) is 23.4. The Morgan fingerprint density at radius 3 is 2.94 bits per heavy atom. The number of aryl methyl sites for hydroxylation is 1. The fraction of sp³-hybridized carbons (Fsp3) is 0.615. The summed E-state index contributed by atoms with van der Waals surface area (Å²) in [5.74, 6) is 0.326. The van der Waals surface area contributed by atoms with E-state index in [2.05, 4.69) is 24.5 Å². The first-order chi connectivity index (χ1) is 8.00. The number of carbonyl (C=O) groups excluding carboxylic acids is 1. The maximum absolute atomic E-state index is 12.1. The van der Waals surface area contributed by atoms with Gasteiger partial charge in [0, 0.05) is 18.2 Å². The van der Waals surface area contributed by atoms with Crippen molar-refractivity contribution in [1.82, 2.24) is 10.6 Å². The minimum Gasteiger partial charge on any atom is -0.459 e. The summed E-state index contributed by atoms with van der Waals surface area (Å²) in [5.41, 5.74) is 0.961. The number of carbonyl (C=O) groups is 1. The highest BCUT2D eigenvalue weighted by Gasteiger charge is 2.33. The SMILES string of the molecule is Cc1ccoc1C(=O)NC1CCNCC1(C)C. The van der Waals surface area contributed by atoms with Gasteiger partial charge >= 0.3 is 0 Å². The molecule has 0 aromatic carbocycles. The zero-order valence-electron chi connectivity index (χ0n) is 10.7. The molecule has 17 heavy (non-hydrogen) atoms. The summed E-state index contributed by atoms with van der Waals surface area (Å²) in [7, 11) is 0. The minimum absolute atomic E-state index is 0.0778. The van der Waals surface area contributed by atoms with Crippen molar-refractivity contribution in [2.45, 2.75) is 33.2 Å². The van der Waals surface area contributed by atoms with E-state index in [1.807, 2.05) is 13.0 Å². The van der Waals surface area contributed by atoms with Crippen LogP contribution in [-0.4, -0.2) is 25.0 Å². The quantitative estimate of drug-likeness (QED) is 0.822. The lowest BCUT2D eigenvalue weighted by Crippen LogP contribution is -2.54. The van der Waals surface area contributed by atoms with Gasteiger partial charge in [0.1, 0.15) is 0 Å². The molecule has 0 bridgehead atoms. The van der Waals surface area contributed by atoms with Crippen LogP contribution < -0.4 is 10.6 Å². The van der Waals surface area contributed by atoms with E-state index in [0.717, 1.165) is 25.1 Å². The van der Waals surface area contributed by atoms with E-state index in [4.69, 9.17) is 4.42 Å². The summed E-state index contributed by atoms with van der Waals surface area (Å²) in [6, 6.07) is 2.00. The van der Waals surface area contributed by atoms with Crippen LogP contribution in [0.5, 0.6) is 0 Å². The second-order valence-electron chi connectivity index (χ2n) is 5.41. The molecule has 1 atom stereocenters. The molecular weight excluding hydrogens is 216 g/mol. The zero-order valence-corrected chi connectivity index (χ0v) is 10.7. The highest BCUT2D eigenvalue weighted by atomic mass is 16.3. The first-order valence-corrected chi connectivity index (χ1v) is 6.06. The Labute approximate surface area is 102 Å². The van der Waals surface area contributed by atoms with Gasteiger partial charge in [0.25, 0.3) is 5.91 Å². The molecule has 4 nitrogen and oxygen atoms in total. The minimum atomic E-state index is -0.104. The van der Waals surface area contributed by atoms with Crippen LogP contribution in [0, 0.1) is 12.3 Å². The highest BCUT2D eigenvalue weighted by Crippen LogP contribution is 2.25. The van der Waals surface area contributed by atoms with Crippen LogP contribution in [0.4, 0.5) is 0 Å².